The van der Waals surface area contributed by atoms with E-state index in [0.717, 1.165) is 19.3 Å². The first-order chi connectivity index (χ1) is 7.86. The van der Waals surface area contributed by atoms with E-state index in [1.807, 2.05) is 0 Å². The van der Waals surface area contributed by atoms with Crippen LogP contribution in [0.5, 0.6) is 0 Å². The molecule has 5 atom stereocenters. The summed E-state index contributed by atoms with van der Waals surface area (Å²) in [6.45, 7) is 0.498. The number of hydrogen-bond acceptors (Lipinski definition) is 1. The standard InChI is InChI=1S/C12H21N/c13-2-1-12-6-9-3-10(7-12)5-11(4-9)8-12/h9-11H,1-8,13H2/i3D,6D2,9D. The molecule has 0 aromatic rings. The molecule has 74 valence electrons. The molecule has 0 aromatic heterocycles. The van der Waals surface area contributed by atoms with Crippen LogP contribution in [0.15, 0.2) is 0 Å². The molecule has 4 bridgehead atoms. The van der Waals surface area contributed by atoms with Gasteiger partial charge in [-0.2, -0.15) is 0 Å². The lowest BCUT2D eigenvalue weighted by atomic mass is 9.49. The molecular weight excluding hydrogens is 158 g/mol. The summed E-state index contributed by atoms with van der Waals surface area (Å²) in [5.74, 6) is -0.495. The van der Waals surface area contributed by atoms with Gasteiger partial charge in [0.15, 0.2) is 0 Å². The van der Waals surface area contributed by atoms with Crippen LogP contribution in [0.3, 0.4) is 0 Å². The fourth-order valence-corrected chi connectivity index (χ4v) is 3.76. The molecule has 2 N–H and O–H groups in total. The Labute approximate surface area is 86.7 Å². The largest absolute Gasteiger partial charge is 0.330 e. The Morgan fingerprint density at radius 1 is 1.38 bits per heavy atom. The first kappa shape index (κ1) is 5.16. The average molecular weight is 183 g/mol. The van der Waals surface area contributed by atoms with Crippen molar-refractivity contribution in [1.29, 1.82) is 0 Å². The summed E-state index contributed by atoms with van der Waals surface area (Å²) in [6, 6.07) is 0. The van der Waals surface area contributed by atoms with E-state index in [-0.39, 0.29) is 5.92 Å². The van der Waals surface area contributed by atoms with Crippen molar-refractivity contribution in [3.05, 3.63) is 0 Å². The minimum atomic E-state index is -1.54. The molecule has 4 aliphatic rings. The summed E-state index contributed by atoms with van der Waals surface area (Å²) in [5, 5.41) is 0. The number of nitrogens with two attached hydrogens (primary N) is 1. The third kappa shape index (κ3) is 1.24. The van der Waals surface area contributed by atoms with Crippen molar-refractivity contribution >= 4 is 0 Å². The van der Waals surface area contributed by atoms with Crippen LogP contribution >= 0.6 is 0 Å². The van der Waals surface area contributed by atoms with Crippen LogP contribution in [-0.4, -0.2) is 6.54 Å². The van der Waals surface area contributed by atoms with Gasteiger partial charge in [-0.15, -0.1) is 0 Å². The molecular formula is C12H21N. The van der Waals surface area contributed by atoms with Gasteiger partial charge in [0.05, 0.1) is 0 Å². The lowest BCUT2D eigenvalue weighted by molar-refractivity contribution is -0.0557. The van der Waals surface area contributed by atoms with Crippen molar-refractivity contribution in [3.8, 4) is 0 Å². The van der Waals surface area contributed by atoms with Gasteiger partial charge in [0.1, 0.15) is 0 Å². The van der Waals surface area contributed by atoms with Crippen molar-refractivity contribution in [3.63, 3.8) is 0 Å². The molecule has 4 rings (SSSR count). The van der Waals surface area contributed by atoms with Gasteiger partial charge in [-0.3, -0.25) is 0 Å². The van der Waals surface area contributed by atoms with E-state index < -0.39 is 24.1 Å². The molecule has 0 saturated heterocycles. The predicted molar refractivity (Wildman–Crippen MR) is 54.3 cm³/mol. The molecule has 1 nitrogen and oxygen atoms in total. The summed E-state index contributed by atoms with van der Waals surface area (Å²) in [4.78, 5) is 0. The van der Waals surface area contributed by atoms with Crippen molar-refractivity contribution < 1.29 is 5.48 Å². The van der Waals surface area contributed by atoms with Gasteiger partial charge in [-0.1, -0.05) is 0 Å². The zero-order chi connectivity index (χ0) is 12.5. The van der Waals surface area contributed by atoms with Gasteiger partial charge < -0.3 is 5.73 Å². The molecule has 5 unspecified atom stereocenters. The highest BCUT2D eigenvalue weighted by Crippen LogP contribution is 2.61. The van der Waals surface area contributed by atoms with Crippen molar-refractivity contribution in [2.75, 3.05) is 6.54 Å². The van der Waals surface area contributed by atoms with Gasteiger partial charge >= 0.3 is 0 Å². The van der Waals surface area contributed by atoms with Crippen LogP contribution in [0.4, 0.5) is 0 Å². The molecule has 0 radical (unpaired) electrons. The molecule has 4 saturated carbocycles. The Bertz CT molecular complexity index is 347. The minimum absolute atomic E-state index is 0.232. The second-order valence-corrected chi connectivity index (χ2v) is 5.11. The van der Waals surface area contributed by atoms with E-state index in [2.05, 4.69) is 0 Å². The molecule has 0 heterocycles. The highest BCUT2D eigenvalue weighted by Gasteiger charge is 2.50. The Morgan fingerprint density at radius 2 is 2.23 bits per heavy atom. The van der Waals surface area contributed by atoms with Crippen LogP contribution in [0, 0.1) is 23.1 Å². The zero-order valence-electron chi connectivity index (χ0n) is 12.1. The van der Waals surface area contributed by atoms with E-state index in [4.69, 9.17) is 11.2 Å². The maximum atomic E-state index is 8.52. The maximum Gasteiger partial charge on any atom is 0.0303 e. The molecule has 4 fully saturated rings. The van der Waals surface area contributed by atoms with Crippen LogP contribution in [0.1, 0.15) is 50.4 Å². The molecule has 0 amide bonds. The Kier molecular flexibility index (Phi) is 1.08. The number of hydrogen-bond donors (Lipinski definition) is 1. The van der Waals surface area contributed by atoms with Gasteiger partial charge in [-0.05, 0) is 74.6 Å². The van der Waals surface area contributed by atoms with Crippen LogP contribution in [0.25, 0.3) is 0 Å². The normalized spacial score (nSPS) is 72.5. The average Bonchev–Trinajstić information content (AvgIpc) is 2.24. The Morgan fingerprint density at radius 3 is 3.08 bits per heavy atom. The third-order valence-corrected chi connectivity index (χ3v) is 3.96. The van der Waals surface area contributed by atoms with Crippen LogP contribution in [0.2, 0.25) is 0 Å². The van der Waals surface area contributed by atoms with Crippen molar-refractivity contribution in [2.45, 2.75) is 44.9 Å². The first-order valence-electron chi connectivity index (χ1n) is 7.56. The van der Waals surface area contributed by atoms with E-state index in [1.54, 1.807) is 0 Å². The summed E-state index contributed by atoms with van der Waals surface area (Å²) in [7, 11) is 0. The predicted octanol–water partition coefficient (Wildman–Crippen LogP) is 2.55. The molecule has 1 heteroatoms. The molecule has 0 spiro atoms. The van der Waals surface area contributed by atoms with E-state index in [0.29, 0.717) is 25.3 Å². The molecule has 0 aliphatic heterocycles. The third-order valence-electron chi connectivity index (χ3n) is 3.96. The Hall–Kier alpha value is -0.0400. The van der Waals surface area contributed by atoms with Gasteiger partial charge in [0, 0.05) is 5.48 Å². The lowest BCUT2D eigenvalue weighted by Gasteiger charge is -2.57. The highest BCUT2D eigenvalue weighted by atomic mass is 14.6. The minimum Gasteiger partial charge on any atom is -0.330 e. The van der Waals surface area contributed by atoms with Gasteiger partial charge in [0.25, 0.3) is 0 Å². The number of rotatable bonds is 2. The summed E-state index contributed by atoms with van der Waals surface area (Å²) in [5.41, 5.74) is 5.26. The Balaban J connectivity index is 2.08. The quantitative estimate of drug-likeness (QED) is 0.699. The van der Waals surface area contributed by atoms with Crippen molar-refractivity contribution in [1.82, 2.24) is 0 Å². The second-order valence-electron chi connectivity index (χ2n) is 5.11. The highest BCUT2D eigenvalue weighted by molar-refractivity contribution is 5.01. The van der Waals surface area contributed by atoms with E-state index >= 15 is 0 Å². The fourth-order valence-electron chi connectivity index (χ4n) is 3.76. The molecule has 13 heavy (non-hydrogen) atoms. The lowest BCUT2D eigenvalue weighted by Crippen LogP contribution is -2.46. The SMILES string of the molecule is [2H]C1C2CC3CC(CCN)(C2)C([2H])([2H])C1([2H])C3. The van der Waals surface area contributed by atoms with Gasteiger partial charge in [0.2, 0.25) is 0 Å². The van der Waals surface area contributed by atoms with Crippen LogP contribution < -0.4 is 5.73 Å². The maximum absolute atomic E-state index is 8.52. The zero-order valence-corrected chi connectivity index (χ0v) is 8.05. The summed E-state index contributed by atoms with van der Waals surface area (Å²) >= 11 is 0. The molecule has 4 aliphatic carbocycles. The smallest absolute Gasteiger partial charge is 0.0303 e. The van der Waals surface area contributed by atoms with Crippen molar-refractivity contribution in [2.24, 2.45) is 28.9 Å². The van der Waals surface area contributed by atoms with E-state index in [9.17, 15) is 0 Å². The van der Waals surface area contributed by atoms with Crippen LogP contribution in [-0.2, 0) is 0 Å². The summed E-state index contributed by atoms with van der Waals surface area (Å²) < 4.78 is 33.6. The summed E-state index contributed by atoms with van der Waals surface area (Å²) in [6.07, 6.45) is 1.89. The van der Waals surface area contributed by atoms with E-state index in [1.165, 1.54) is 0 Å². The molecule has 0 aromatic carbocycles. The van der Waals surface area contributed by atoms with Gasteiger partial charge in [-0.25, -0.2) is 0 Å². The fraction of sp³-hybridized carbons (Fsp3) is 1.00. The topological polar surface area (TPSA) is 26.0 Å². The second kappa shape index (κ2) is 2.73. The monoisotopic (exact) mass is 183 g/mol. The first-order valence-corrected chi connectivity index (χ1v) is 5.49.